The summed E-state index contributed by atoms with van der Waals surface area (Å²) in [5, 5.41) is 0. The van der Waals surface area contributed by atoms with Crippen molar-refractivity contribution in [3.05, 3.63) is 40.2 Å². The van der Waals surface area contributed by atoms with E-state index in [1.165, 1.54) is 19.3 Å². The highest BCUT2D eigenvalue weighted by atomic mass is 16.2. The minimum atomic E-state index is -0.143. The molecule has 0 bridgehead atoms. The molecule has 136 valence electrons. The molecule has 1 amide bonds. The summed E-state index contributed by atoms with van der Waals surface area (Å²) in [6, 6.07) is 0. The summed E-state index contributed by atoms with van der Waals surface area (Å²) in [6.07, 6.45) is 12.0. The number of H-pyrrole nitrogens is 1. The topological polar surface area (TPSA) is 91.8 Å². The predicted octanol–water partition coefficient (Wildman–Crippen LogP) is 2.08. The van der Waals surface area contributed by atoms with Gasteiger partial charge in [0.2, 0.25) is 5.91 Å². The number of nitrogens with zero attached hydrogens (tertiary/aromatic N) is 4. The van der Waals surface area contributed by atoms with Crippen molar-refractivity contribution in [2.24, 2.45) is 5.92 Å². The maximum absolute atomic E-state index is 12.7. The summed E-state index contributed by atoms with van der Waals surface area (Å²) in [4.78, 5) is 42.5. The van der Waals surface area contributed by atoms with Crippen LogP contribution in [0.2, 0.25) is 0 Å². The lowest BCUT2D eigenvalue weighted by atomic mass is 9.86. The van der Waals surface area contributed by atoms with Crippen molar-refractivity contribution in [1.29, 1.82) is 0 Å². The lowest BCUT2D eigenvalue weighted by Crippen LogP contribution is -2.40. The lowest BCUT2D eigenvalue weighted by Gasteiger charge is -2.30. The van der Waals surface area contributed by atoms with Crippen LogP contribution in [0.4, 0.5) is 0 Å². The Balaban J connectivity index is 1.53. The van der Waals surface area contributed by atoms with E-state index in [9.17, 15) is 9.59 Å². The predicted molar refractivity (Wildman–Crippen MR) is 96.2 cm³/mol. The second-order valence-corrected chi connectivity index (χ2v) is 7.20. The minimum absolute atomic E-state index is 0.143. The number of rotatable bonds is 3. The Morgan fingerprint density at radius 2 is 2.08 bits per heavy atom. The minimum Gasteiger partial charge on any atom is -0.336 e. The SMILES string of the molecule is O=C(CC1CCCCC1)N1CCc2c(nc(-c3cnccn3)[nH]c2=O)C1. The zero-order valence-corrected chi connectivity index (χ0v) is 14.8. The third kappa shape index (κ3) is 3.52. The van der Waals surface area contributed by atoms with Crippen molar-refractivity contribution in [2.75, 3.05) is 6.54 Å². The van der Waals surface area contributed by atoms with Gasteiger partial charge in [-0.05, 0) is 25.2 Å². The van der Waals surface area contributed by atoms with Gasteiger partial charge < -0.3 is 9.88 Å². The number of hydrogen-bond donors (Lipinski definition) is 1. The Labute approximate surface area is 151 Å². The highest BCUT2D eigenvalue weighted by Gasteiger charge is 2.27. The standard InChI is InChI=1S/C19H23N5O2/c25-17(10-13-4-2-1-3-5-13)24-9-6-14-16(12-24)22-18(23-19(14)26)15-11-20-7-8-21-15/h7-8,11,13H,1-6,9-10,12H2,(H,22,23,26). The van der Waals surface area contributed by atoms with Crippen LogP contribution in [0, 0.1) is 5.92 Å². The van der Waals surface area contributed by atoms with E-state index in [0.717, 1.165) is 12.8 Å². The first-order valence-electron chi connectivity index (χ1n) is 9.37. The van der Waals surface area contributed by atoms with Gasteiger partial charge in [-0.2, -0.15) is 0 Å². The van der Waals surface area contributed by atoms with Crippen LogP contribution in [-0.2, 0) is 17.8 Å². The molecule has 3 heterocycles. The molecule has 2 aromatic heterocycles. The maximum atomic E-state index is 12.7. The quantitative estimate of drug-likeness (QED) is 0.912. The van der Waals surface area contributed by atoms with Gasteiger partial charge in [0.25, 0.3) is 5.56 Å². The van der Waals surface area contributed by atoms with E-state index in [-0.39, 0.29) is 11.5 Å². The van der Waals surface area contributed by atoms with Gasteiger partial charge in [-0.1, -0.05) is 19.3 Å². The number of hydrogen-bond acceptors (Lipinski definition) is 5. The molecule has 1 aliphatic carbocycles. The molecule has 2 aliphatic rings. The maximum Gasteiger partial charge on any atom is 0.254 e. The van der Waals surface area contributed by atoms with Gasteiger partial charge in [0.1, 0.15) is 5.69 Å². The Kier molecular flexibility index (Phi) is 4.77. The monoisotopic (exact) mass is 353 g/mol. The van der Waals surface area contributed by atoms with E-state index >= 15 is 0 Å². The summed E-state index contributed by atoms with van der Waals surface area (Å²) < 4.78 is 0. The van der Waals surface area contributed by atoms with Crippen molar-refractivity contribution in [3.8, 4) is 11.5 Å². The highest BCUT2D eigenvalue weighted by Crippen LogP contribution is 2.27. The second kappa shape index (κ2) is 7.35. The van der Waals surface area contributed by atoms with Crippen LogP contribution >= 0.6 is 0 Å². The van der Waals surface area contributed by atoms with Gasteiger partial charge in [-0.3, -0.25) is 14.6 Å². The molecule has 26 heavy (non-hydrogen) atoms. The zero-order valence-electron chi connectivity index (χ0n) is 14.8. The van der Waals surface area contributed by atoms with Crippen LogP contribution in [0.5, 0.6) is 0 Å². The van der Waals surface area contributed by atoms with Crippen LogP contribution < -0.4 is 5.56 Å². The largest absolute Gasteiger partial charge is 0.336 e. The first-order valence-corrected chi connectivity index (χ1v) is 9.37. The molecule has 0 unspecified atom stereocenters. The number of aromatic amines is 1. The van der Waals surface area contributed by atoms with Crippen molar-refractivity contribution < 1.29 is 4.79 Å². The Morgan fingerprint density at radius 3 is 2.85 bits per heavy atom. The number of aromatic nitrogens is 4. The van der Waals surface area contributed by atoms with E-state index in [2.05, 4.69) is 19.9 Å². The molecular formula is C19H23N5O2. The van der Waals surface area contributed by atoms with Gasteiger partial charge in [0.15, 0.2) is 5.82 Å². The summed E-state index contributed by atoms with van der Waals surface area (Å²) in [6.45, 7) is 0.992. The van der Waals surface area contributed by atoms with Crippen molar-refractivity contribution in [2.45, 2.75) is 51.5 Å². The van der Waals surface area contributed by atoms with Crippen LogP contribution in [-0.4, -0.2) is 37.3 Å². The average Bonchev–Trinajstić information content (AvgIpc) is 2.69. The molecule has 1 saturated carbocycles. The normalized spacial score (nSPS) is 17.8. The molecule has 7 heteroatoms. The fourth-order valence-electron chi connectivity index (χ4n) is 3.96. The number of fused-ring (bicyclic) bond motifs is 1. The van der Waals surface area contributed by atoms with E-state index in [1.54, 1.807) is 18.6 Å². The molecule has 7 nitrogen and oxygen atoms in total. The fraction of sp³-hybridized carbons (Fsp3) is 0.526. The molecule has 4 rings (SSSR count). The number of nitrogens with one attached hydrogen (secondary N) is 1. The van der Waals surface area contributed by atoms with Crippen LogP contribution in [0.15, 0.2) is 23.4 Å². The molecule has 0 spiro atoms. The van der Waals surface area contributed by atoms with E-state index in [1.807, 2.05) is 4.90 Å². The molecule has 0 radical (unpaired) electrons. The third-order valence-electron chi connectivity index (χ3n) is 5.42. The van der Waals surface area contributed by atoms with Gasteiger partial charge in [0.05, 0.1) is 18.4 Å². The van der Waals surface area contributed by atoms with Crippen LogP contribution in [0.1, 0.15) is 49.8 Å². The van der Waals surface area contributed by atoms with Crippen LogP contribution in [0.25, 0.3) is 11.5 Å². The summed E-state index contributed by atoms with van der Waals surface area (Å²) in [7, 11) is 0. The molecule has 1 fully saturated rings. The smallest absolute Gasteiger partial charge is 0.254 e. The van der Waals surface area contributed by atoms with Crippen molar-refractivity contribution in [3.63, 3.8) is 0 Å². The number of amides is 1. The Bertz CT molecular complexity index is 843. The second-order valence-electron chi connectivity index (χ2n) is 7.20. The van der Waals surface area contributed by atoms with Gasteiger partial charge in [-0.25, -0.2) is 9.97 Å². The summed E-state index contributed by atoms with van der Waals surface area (Å²) in [5.74, 6) is 1.11. The lowest BCUT2D eigenvalue weighted by molar-refractivity contribution is -0.133. The van der Waals surface area contributed by atoms with Crippen LogP contribution in [0.3, 0.4) is 0 Å². The molecule has 0 aromatic carbocycles. The molecule has 2 aromatic rings. The molecular weight excluding hydrogens is 330 g/mol. The van der Waals surface area contributed by atoms with Gasteiger partial charge >= 0.3 is 0 Å². The average molecular weight is 353 g/mol. The third-order valence-corrected chi connectivity index (χ3v) is 5.42. The zero-order chi connectivity index (χ0) is 17.9. The molecule has 1 N–H and O–H groups in total. The first kappa shape index (κ1) is 16.9. The summed E-state index contributed by atoms with van der Waals surface area (Å²) >= 11 is 0. The highest BCUT2D eigenvalue weighted by molar-refractivity contribution is 5.76. The summed E-state index contributed by atoms with van der Waals surface area (Å²) in [5.41, 5.74) is 1.74. The Morgan fingerprint density at radius 1 is 1.23 bits per heavy atom. The van der Waals surface area contributed by atoms with Crippen molar-refractivity contribution in [1.82, 2.24) is 24.8 Å². The fourth-order valence-corrected chi connectivity index (χ4v) is 3.96. The molecule has 0 saturated heterocycles. The Hall–Kier alpha value is -2.57. The first-order chi connectivity index (χ1) is 12.7. The van der Waals surface area contributed by atoms with E-state index in [0.29, 0.717) is 54.6 Å². The van der Waals surface area contributed by atoms with E-state index in [4.69, 9.17) is 0 Å². The molecule has 0 atom stereocenters. The van der Waals surface area contributed by atoms with Crippen molar-refractivity contribution >= 4 is 5.91 Å². The number of carbonyl (C=O) groups excluding carboxylic acids is 1. The van der Waals surface area contributed by atoms with Gasteiger partial charge in [-0.15, -0.1) is 0 Å². The molecule has 1 aliphatic heterocycles. The number of carbonyl (C=O) groups is 1. The van der Waals surface area contributed by atoms with Gasteiger partial charge in [0, 0.05) is 30.9 Å². The van der Waals surface area contributed by atoms with E-state index < -0.39 is 0 Å².